The molecular formula is C27H22N2O4. The van der Waals surface area contributed by atoms with Crippen molar-refractivity contribution in [3.05, 3.63) is 124 Å². The quantitative estimate of drug-likeness (QED) is 0.242. The summed E-state index contributed by atoms with van der Waals surface area (Å²) in [5.74, 6) is -1.23. The minimum atomic E-state index is -1.23. The van der Waals surface area contributed by atoms with E-state index >= 15 is 0 Å². The van der Waals surface area contributed by atoms with Crippen LogP contribution in [0, 0.1) is 10.1 Å². The number of carboxylic acid groups (broad SMARTS) is 1. The molecule has 0 aliphatic carbocycles. The van der Waals surface area contributed by atoms with E-state index in [9.17, 15) is 20.0 Å². The van der Waals surface area contributed by atoms with E-state index in [0.29, 0.717) is 11.4 Å². The molecule has 0 saturated heterocycles. The van der Waals surface area contributed by atoms with Gasteiger partial charge in [0.25, 0.3) is 5.69 Å². The van der Waals surface area contributed by atoms with E-state index in [0.717, 1.165) is 24.5 Å². The molecular weight excluding hydrogens is 416 g/mol. The molecule has 6 heteroatoms. The Hall–Kier alpha value is -4.45. The zero-order valence-corrected chi connectivity index (χ0v) is 17.8. The third-order valence-electron chi connectivity index (χ3n) is 5.44. The number of carboxylic acids is 1. The second-order valence-electron chi connectivity index (χ2n) is 7.68. The van der Waals surface area contributed by atoms with Crippen molar-refractivity contribution in [2.24, 2.45) is 0 Å². The molecule has 0 aliphatic rings. The van der Waals surface area contributed by atoms with Crippen LogP contribution >= 0.6 is 0 Å². The summed E-state index contributed by atoms with van der Waals surface area (Å²) in [6.45, 7) is 0. The standard InChI is InChI=1S/C27H22N2O4/c30-27(31)25-18-24(29(32)33)16-17-26(25)28-23-14-10-20(11-15-23)7-6-19-8-12-22(13-9-19)21-4-2-1-3-5-21/h1-5,8-18,28H,6-7H2,(H,30,31). The van der Waals surface area contributed by atoms with Gasteiger partial charge in [0.15, 0.2) is 0 Å². The van der Waals surface area contributed by atoms with Crippen LogP contribution in [0.2, 0.25) is 0 Å². The molecule has 4 aromatic carbocycles. The van der Waals surface area contributed by atoms with E-state index < -0.39 is 10.9 Å². The molecule has 0 atom stereocenters. The molecule has 6 nitrogen and oxygen atoms in total. The van der Waals surface area contributed by atoms with Crippen LogP contribution in [0.15, 0.2) is 97.1 Å². The first kappa shape index (κ1) is 21.8. The van der Waals surface area contributed by atoms with Gasteiger partial charge in [0.1, 0.15) is 0 Å². The van der Waals surface area contributed by atoms with Crippen molar-refractivity contribution in [3.63, 3.8) is 0 Å². The van der Waals surface area contributed by atoms with E-state index in [2.05, 4.69) is 41.7 Å². The van der Waals surface area contributed by atoms with Gasteiger partial charge in [-0.25, -0.2) is 4.79 Å². The van der Waals surface area contributed by atoms with Crippen LogP contribution in [0.25, 0.3) is 11.1 Å². The molecule has 0 fully saturated rings. The van der Waals surface area contributed by atoms with Crippen molar-refractivity contribution in [2.45, 2.75) is 12.8 Å². The number of nitrogens with zero attached hydrogens (tertiary/aromatic N) is 1. The number of carbonyl (C=O) groups is 1. The Morgan fingerprint density at radius 1 is 0.788 bits per heavy atom. The Labute approximate surface area is 191 Å². The SMILES string of the molecule is O=C(O)c1cc([N+](=O)[O-])ccc1Nc1ccc(CCc2ccc(-c3ccccc3)cc2)cc1. The molecule has 0 aliphatic heterocycles. The first-order valence-electron chi connectivity index (χ1n) is 10.5. The fraction of sp³-hybridized carbons (Fsp3) is 0.0741. The summed E-state index contributed by atoms with van der Waals surface area (Å²) < 4.78 is 0. The van der Waals surface area contributed by atoms with Crippen LogP contribution in [0.1, 0.15) is 21.5 Å². The van der Waals surface area contributed by atoms with Crippen molar-refractivity contribution in [1.82, 2.24) is 0 Å². The van der Waals surface area contributed by atoms with Gasteiger partial charge in [-0.1, -0.05) is 66.7 Å². The lowest BCUT2D eigenvalue weighted by molar-refractivity contribution is -0.384. The van der Waals surface area contributed by atoms with Gasteiger partial charge in [-0.2, -0.15) is 0 Å². The smallest absolute Gasteiger partial charge is 0.338 e. The summed E-state index contributed by atoms with van der Waals surface area (Å²) in [5.41, 5.74) is 5.43. The van der Waals surface area contributed by atoms with Crippen LogP contribution in [-0.2, 0) is 12.8 Å². The van der Waals surface area contributed by atoms with E-state index in [1.54, 1.807) is 0 Å². The summed E-state index contributed by atoms with van der Waals surface area (Å²) in [7, 11) is 0. The molecule has 0 spiro atoms. The van der Waals surface area contributed by atoms with Crippen molar-refractivity contribution in [1.29, 1.82) is 0 Å². The van der Waals surface area contributed by atoms with Gasteiger partial charge in [0.2, 0.25) is 0 Å². The first-order valence-corrected chi connectivity index (χ1v) is 10.5. The molecule has 0 saturated carbocycles. The predicted octanol–water partition coefficient (Wildman–Crippen LogP) is 6.49. The third-order valence-corrected chi connectivity index (χ3v) is 5.44. The zero-order valence-electron chi connectivity index (χ0n) is 17.8. The number of nitro benzene ring substituents is 1. The van der Waals surface area contributed by atoms with Gasteiger partial charge in [-0.3, -0.25) is 10.1 Å². The minimum absolute atomic E-state index is 0.146. The number of nitro groups is 1. The van der Waals surface area contributed by atoms with Crippen molar-refractivity contribution < 1.29 is 14.8 Å². The van der Waals surface area contributed by atoms with Gasteiger partial charge >= 0.3 is 5.97 Å². The van der Waals surface area contributed by atoms with E-state index in [1.807, 2.05) is 42.5 Å². The molecule has 0 bridgehead atoms. The Bertz CT molecular complexity index is 1270. The largest absolute Gasteiger partial charge is 0.478 e. The number of nitrogens with one attached hydrogen (secondary N) is 1. The lowest BCUT2D eigenvalue weighted by Crippen LogP contribution is -2.04. The van der Waals surface area contributed by atoms with Crippen LogP contribution in [0.5, 0.6) is 0 Å². The minimum Gasteiger partial charge on any atom is -0.478 e. The van der Waals surface area contributed by atoms with Crippen molar-refractivity contribution in [2.75, 3.05) is 5.32 Å². The number of aromatic carboxylic acids is 1. The molecule has 33 heavy (non-hydrogen) atoms. The summed E-state index contributed by atoms with van der Waals surface area (Å²) in [5, 5.41) is 23.4. The fourth-order valence-corrected chi connectivity index (χ4v) is 3.63. The lowest BCUT2D eigenvalue weighted by atomic mass is 10.0. The molecule has 0 heterocycles. The van der Waals surface area contributed by atoms with Crippen LogP contribution in [0.4, 0.5) is 17.1 Å². The zero-order chi connectivity index (χ0) is 23.2. The monoisotopic (exact) mass is 438 g/mol. The molecule has 164 valence electrons. The lowest BCUT2D eigenvalue weighted by Gasteiger charge is -2.10. The predicted molar refractivity (Wildman–Crippen MR) is 129 cm³/mol. The normalized spacial score (nSPS) is 10.5. The van der Waals surface area contributed by atoms with Crippen LogP contribution in [0.3, 0.4) is 0 Å². The number of anilines is 2. The molecule has 0 radical (unpaired) electrons. The highest BCUT2D eigenvalue weighted by Gasteiger charge is 2.16. The summed E-state index contributed by atoms with van der Waals surface area (Å²) in [4.78, 5) is 21.8. The molecule has 0 unspecified atom stereocenters. The van der Waals surface area contributed by atoms with Crippen molar-refractivity contribution in [3.8, 4) is 11.1 Å². The third kappa shape index (κ3) is 5.43. The Balaban J connectivity index is 1.39. The van der Waals surface area contributed by atoms with Gasteiger partial charge in [-0.05, 0) is 53.3 Å². The molecule has 0 aromatic heterocycles. The maximum absolute atomic E-state index is 11.5. The van der Waals surface area contributed by atoms with Crippen molar-refractivity contribution >= 4 is 23.0 Å². The number of aryl methyl sites for hydroxylation is 2. The maximum Gasteiger partial charge on any atom is 0.338 e. The number of hydrogen-bond acceptors (Lipinski definition) is 4. The second kappa shape index (κ2) is 9.78. The highest BCUT2D eigenvalue weighted by Crippen LogP contribution is 2.26. The Kier molecular flexibility index (Phi) is 6.45. The number of rotatable bonds is 8. The van der Waals surface area contributed by atoms with Gasteiger partial charge in [-0.15, -0.1) is 0 Å². The van der Waals surface area contributed by atoms with E-state index in [4.69, 9.17) is 0 Å². The second-order valence-corrected chi connectivity index (χ2v) is 7.68. The first-order chi connectivity index (χ1) is 16.0. The average Bonchev–Trinajstić information content (AvgIpc) is 2.84. The highest BCUT2D eigenvalue weighted by atomic mass is 16.6. The summed E-state index contributed by atoms with van der Waals surface area (Å²) in [6, 6.07) is 30.4. The average molecular weight is 438 g/mol. The topological polar surface area (TPSA) is 92.5 Å². The molecule has 4 rings (SSSR count). The molecule has 4 aromatic rings. The van der Waals surface area contributed by atoms with Gasteiger partial charge in [0.05, 0.1) is 16.2 Å². The Morgan fingerprint density at radius 2 is 1.36 bits per heavy atom. The van der Waals surface area contributed by atoms with E-state index in [1.165, 1.54) is 28.8 Å². The number of benzene rings is 4. The Morgan fingerprint density at radius 3 is 1.94 bits per heavy atom. The van der Waals surface area contributed by atoms with E-state index in [-0.39, 0.29) is 11.3 Å². The molecule has 0 amide bonds. The number of hydrogen-bond donors (Lipinski definition) is 2. The summed E-state index contributed by atoms with van der Waals surface area (Å²) >= 11 is 0. The maximum atomic E-state index is 11.5. The van der Waals surface area contributed by atoms with Gasteiger partial charge < -0.3 is 10.4 Å². The number of non-ortho nitro benzene ring substituents is 1. The van der Waals surface area contributed by atoms with Crippen LogP contribution < -0.4 is 5.32 Å². The summed E-state index contributed by atoms with van der Waals surface area (Å²) in [6.07, 6.45) is 1.79. The highest BCUT2D eigenvalue weighted by molar-refractivity contribution is 5.96. The van der Waals surface area contributed by atoms with Crippen LogP contribution in [-0.4, -0.2) is 16.0 Å². The molecule has 2 N–H and O–H groups in total. The van der Waals surface area contributed by atoms with Gasteiger partial charge in [0, 0.05) is 17.8 Å². The fourth-order valence-electron chi connectivity index (χ4n) is 3.63.